The van der Waals surface area contributed by atoms with Crippen molar-refractivity contribution in [2.45, 2.75) is 25.7 Å². The van der Waals surface area contributed by atoms with Gasteiger partial charge in [0.15, 0.2) is 0 Å². The van der Waals surface area contributed by atoms with E-state index in [1.54, 1.807) is 12.4 Å². The molecule has 5 nitrogen and oxygen atoms in total. The predicted molar refractivity (Wildman–Crippen MR) is 92.6 cm³/mol. The number of hydrogen-bond acceptors (Lipinski definition) is 3. The lowest BCUT2D eigenvalue weighted by Gasteiger charge is -2.30. The predicted octanol–water partition coefficient (Wildman–Crippen LogP) is 2.60. The summed E-state index contributed by atoms with van der Waals surface area (Å²) < 4.78 is 0. The van der Waals surface area contributed by atoms with E-state index in [1.807, 2.05) is 48.2 Å². The highest BCUT2D eigenvalue weighted by Gasteiger charge is 2.32. The number of rotatable bonds is 5. The second kappa shape index (κ2) is 7.25. The van der Waals surface area contributed by atoms with Crippen molar-refractivity contribution >= 4 is 17.5 Å². The Morgan fingerprint density at radius 2 is 2.00 bits per heavy atom. The molecule has 3 rings (SSSR count). The van der Waals surface area contributed by atoms with Crippen molar-refractivity contribution in [2.75, 3.05) is 18.4 Å². The minimum atomic E-state index is -0.396. The monoisotopic (exact) mass is 323 g/mol. The Morgan fingerprint density at radius 1 is 1.25 bits per heavy atom. The van der Waals surface area contributed by atoms with Crippen LogP contribution in [0.3, 0.4) is 0 Å². The van der Waals surface area contributed by atoms with Gasteiger partial charge in [-0.05, 0) is 42.7 Å². The van der Waals surface area contributed by atoms with E-state index in [4.69, 9.17) is 0 Å². The molecule has 2 amide bonds. The summed E-state index contributed by atoms with van der Waals surface area (Å²) in [4.78, 5) is 30.8. The quantitative estimate of drug-likeness (QED) is 0.920. The molecule has 1 unspecified atom stereocenters. The normalized spacial score (nSPS) is 16.2. The first-order valence-electron chi connectivity index (χ1n) is 8.25. The lowest BCUT2D eigenvalue weighted by atomic mass is 9.89. The van der Waals surface area contributed by atoms with Crippen molar-refractivity contribution in [3.63, 3.8) is 0 Å². The molecule has 1 aliphatic heterocycles. The van der Waals surface area contributed by atoms with E-state index in [9.17, 15) is 9.59 Å². The summed E-state index contributed by atoms with van der Waals surface area (Å²) in [6.45, 7) is 3.24. The van der Waals surface area contributed by atoms with Crippen LogP contribution in [0.15, 0.2) is 48.8 Å². The van der Waals surface area contributed by atoms with Crippen LogP contribution in [0.4, 0.5) is 5.69 Å². The molecule has 1 aliphatic rings. The average Bonchev–Trinajstić information content (AvgIpc) is 2.62. The first-order valence-corrected chi connectivity index (χ1v) is 8.25. The maximum atomic E-state index is 13.0. The smallest absolute Gasteiger partial charge is 0.230 e. The number of benzene rings is 1. The summed E-state index contributed by atoms with van der Waals surface area (Å²) in [5.41, 5.74) is 2.81. The second-order valence-electron chi connectivity index (χ2n) is 5.92. The molecular formula is C19H21N3O2. The Morgan fingerprint density at radius 3 is 2.75 bits per heavy atom. The van der Waals surface area contributed by atoms with Crippen molar-refractivity contribution in [3.05, 3.63) is 59.9 Å². The fourth-order valence-electron chi connectivity index (χ4n) is 3.09. The standard InChI is InChI=1S/C19H21N3O2/c1-2-22(12-9-14-7-10-20-11-8-14)19(24)16-13-18(23)21-17-6-4-3-5-15(16)17/h3-8,10-11,16H,2,9,12-13H2,1H3,(H,21,23). The number of pyridine rings is 1. The molecule has 1 N–H and O–H groups in total. The van der Waals surface area contributed by atoms with Gasteiger partial charge in [0, 0.05) is 37.6 Å². The maximum Gasteiger partial charge on any atom is 0.230 e. The van der Waals surface area contributed by atoms with Crippen LogP contribution >= 0.6 is 0 Å². The fourth-order valence-corrected chi connectivity index (χ4v) is 3.09. The molecule has 2 aromatic rings. The van der Waals surface area contributed by atoms with Gasteiger partial charge in [-0.1, -0.05) is 18.2 Å². The fraction of sp³-hybridized carbons (Fsp3) is 0.316. The van der Waals surface area contributed by atoms with Gasteiger partial charge in [-0.15, -0.1) is 0 Å². The van der Waals surface area contributed by atoms with Crippen LogP contribution in [0.25, 0.3) is 0 Å². The van der Waals surface area contributed by atoms with Crippen molar-refractivity contribution in [3.8, 4) is 0 Å². The molecule has 0 saturated heterocycles. The summed E-state index contributed by atoms with van der Waals surface area (Å²) in [7, 11) is 0. The highest BCUT2D eigenvalue weighted by molar-refractivity contribution is 6.01. The van der Waals surface area contributed by atoms with E-state index in [0.717, 1.165) is 23.2 Å². The van der Waals surface area contributed by atoms with E-state index in [2.05, 4.69) is 10.3 Å². The number of likely N-dealkylation sites (N-methyl/N-ethyl adjacent to an activating group) is 1. The van der Waals surface area contributed by atoms with Crippen molar-refractivity contribution in [1.29, 1.82) is 0 Å². The van der Waals surface area contributed by atoms with Gasteiger partial charge < -0.3 is 10.2 Å². The molecule has 2 heterocycles. The highest BCUT2D eigenvalue weighted by Crippen LogP contribution is 2.33. The molecule has 1 aromatic heterocycles. The average molecular weight is 323 g/mol. The third kappa shape index (κ3) is 3.45. The van der Waals surface area contributed by atoms with Crippen LogP contribution in [-0.4, -0.2) is 34.8 Å². The van der Waals surface area contributed by atoms with Crippen LogP contribution in [0.5, 0.6) is 0 Å². The van der Waals surface area contributed by atoms with Crippen molar-refractivity contribution < 1.29 is 9.59 Å². The van der Waals surface area contributed by atoms with Gasteiger partial charge in [-0.3, -0.25) is 14.6 Å². The second-order valence-corrected chi connectivity index (χ2v) is 5.92. The number of amides is 2. The van der Waals surface area contributed by atoms with E-state index in [-0.39, 0.29) is 18.2 Å². The van der Waals surface area contributed by atoms with Gasteiger partial charge in [-0.2, -0.15) is 0 Å². The van der Waals surface area contributed by atoms with Gasteiger partial charge in [0.1, 0.15) is 0 Å². The van der Waals surface area contributed by atoms with Gasteiger partial charge in [0.05, 0.1) is 5.92 Å². The molecule has 24 heavy (non-hydrogen) atoms. The first-order chi connectivity index (χ1) is 11.7. The number of carbonyl (C=O) groups excluding carboxylic acids is 2. The molecule has 0 spiro atoms. The summed E-state index contributed by atoms with van der Waals surface area (Å²) in [5.74, 6) is -0.474. The maximum absolute atomic E-state index is 13.0. The summed E-state index contributed by atoms with van der Waals surface area (Å²) in [6.07, 6.45) is 4.51. The Hall–Kier alpha value is -2.69. The van der Waals surface area contributed by atoms with Crippen LogP contribution in [-0.2, 0) is 16.0 Å². The summed E-state index contributed by atoms with van der Waals surface area (Å²) in [5, 5.41) is 2.84. The van der Waals surface area contributed by atoms with Crippen LogP contribution < -0.4 is 5.32 Å². The van der Waals surface area contributed by atoms with Crippen molar-refractivity contribution in [2.24, 2.45) is 0 Å². The number of anilines is 1. The molecule has 124 valence electrons. The molecule has 0 radical (unpaired) electrons. The van der Waals surface area contributed by atoms with Gasteiger partial charge in [0.2, 0.25) is 11.8 Å². The molecule has 0 aliphatic carbocycles. The summed E-state index contributed by atoms with van der Waals surface area (Å²) in [6, 6.07) is 11.5. The summed E-state index contributed by atoms with van der Waals surface area (Å²) >= 11 is 0. The van der Waals surface area contributed by atoms with E-state index in [0.29, 0.717) is 13.1 Å². The third-order valence-electron chi connectivity index (χ3n) is 4.41. The Kier molecular flexibility index (Phi) is 4.89. The number of para-hydroxylation sites is 1. The van der Waals surface area contributed by atoms with Crippen LogP contribution in [0.1, 0.15) is 30.4 Å². The Labute approximate surface area is 141 Å². The zero-order valence-corrected chi connectivity index (χ0v) is 13.7. The number of aromatic nitrogens is 1. The lowest BCUT2D eigenvalue weighted by Crippen LogP contribution is -2.39. The molecule has 0 fully saturated rings. The first kappa shape index (κ1) is 16.2. The topological polar surface area (TPSA) is 62.3 Å². The highest BCUT2D eigenvalue weighted by atomic mass is 16.2. The lowest BCUT2D eigenvalue weighted by molar-refractivity contribution is -0.134. The zero-order chi connectivity index (χ0) is 16.9. The van der Waals surface area contributed by atoms with Gasteiger partial charge >= 0.3 is 0 Å². The number of carbonyl (C=O) groups is 2. The SMILES string of the molecule is CCN(CCc1ccncc1)C(=O)C1CC(=O)Nc2ccccc21. The Bertz CT molecular complexity index is 730. The number of hydrogen-bond donors (Lipinski definition) is 1. The number of nitrogens with zero attached hydrogens (tertiary/aromatic N) is 2. The van der Waals surface area contributed by atoms with Gasteiger partial charge in [0.25, 0.3) is 0 Å². The van der Waals surface area contributed by atoms with Crippen LogP contribution in [0, 0.1) is 0 Å². The van der Waals surface area contributed by atoms with Crippen molar-refractivity contribution in [1.82, 2.24) is 9.88 Å². The molecule has 0 saturated carbocycles. The zero-order valence-electron chi connectivity index (χ0n) is 13.7. The largest absolute Gasteiger partial charge is 0.342 e. The third-order valence-corrected chi connectivity index (χ3v) is 4.41. The van der Waals surface area contributed by atoms with E-state index >= 15 is 0 Å². The molecule has 5 heteroatoms. The Balaban J connectivity index is 1.75. The molecular weight excluding hydrogens is 302 g/mol. The minimum Gasteiger partial charge on any atom is -0.342 e. The van der Waals surface area contributed by atoms with Crippen LogP contribution in [0.2, 0.25) is 0 Å². The van der Waals surface area contributed by atoms with Gasteiger partial charge in [-0.25, -0.2) is 0 Å². The molecule has 0 bridgehead atoms. The molecule has 1 atom stereocenters. The number of fused-ring (bicyclic) bond motifs is 1. The molecule has 1 aromatic carbocycles. The van der Waals surface area contributed by atoms with E-state index in [1.165, 1.54) is 0 Å². The minimum absolute atomic E-state index is 0.0221. The van der Waals surface area contributed by atoms with E-state index < -0.39 is 5.92 Å². The number of nitrogens with one attached hydrogen (secondary N) is 1.